The van der Waals surface area contributed by atoms with Gasteiger partial charge in [0.25, 0.3) is 0 Å². The largest absolute Gasteiger partial charge is 0.350 e. The molecule has 0 spiro atoms. The molecule has 2 aliphatic rings. The average molecular weight is 388 g/mol. The van der Waals surface area contributed by atoms with E-state index in [4.69, 9.17) is 0 Å². The van der Waals surface area contributed by atoms with E-state index in [1.165, 1.54) is 0 Å². The summed E-state index contributed by atoms with van der Waals surface area (Å²) < 4.78 is 0. The number of likely N-dealkylation sites (N-methyl/N-ethyl adjacent to an activating group) is 1. The van der Waals surface area contributed by atoms with E-state index >= 15 is 0 Å². The molecule has 0 aromatic carbocycles. The van der Waals surface area contributed by atoms with Gasteiger partial charge in [-0.05, 0) is 58.5 Å². The maximum Gasteiger partial charge on any atom is 0.236 e. The van der Waals surface area contributed by atoms with Crippen molar-refractivity contribution in [3.8, 4) is 0 Å². The highest BCUT2D eigenvalue weighted by Gasteiger charge is 2.32. The van der Waals surface area contributed by atoms with Crippen LogP contribution >= 0.6 is 0 Å². The second kappa shape index (κ2) is 9.98. The second-order valence-corrected chi connectivity index (χ2v) is 8.22. The lowest BCUT2D eigenvalue weighted by atomic mass is 9.93. The van der Waals surface area contributed by atoms with Gasteiger partial charge in [-0.25, -0.2) is 0 Å². The van der Waals surface area contributed by atoms with Crippen LogP contribution in [0.5, 0.6) is 0 Å². The molecule has 0 bridgehead atoms. The fourth-order valence-corrected chi connectivity index (χ4v) is 4.23. The van der Waals surface area contributed by atoms with Crippen LogP contribution in [-0.2, 0) is 16.1 Å². The zero-order valence-corrected chi connectivity index (χ0v) is 17.1. The number of aromatic nitrogens is 1. The normalized spacial score (nSPS) is 21.7. The summed E-state index contributed by atoms with van der Waals surface area (Å²) in [4.78, 5) is 35.5. The maximum absolute atomic E-state index is 12.6. The Hall–Kier alpha value is -1.99. The van der Waals surface area contributed by atoms with Gasteiger partial charge in [0.15, 0.2) is 0 Å². The Bertz CT molecular complexity index is 643. The van der Waals surface area contributed by atoms with Crippen molar-refractivity contribution < 1.29 is 9.59 Å². The lowest BCUT2D eigenvalue weighted by molar-refractivity contribution is -0.133. The van der Waals surface area contributed by atoms with Gasteiger partial charge in [-0.3, -0.25) is 19.5 Å². The average Bonchev–Trinajstić information content (AvgIpc) is 2.72. The van der Waals surface area contributed by atoms with E-state index in [-0.39, 0.29) is 17.7 Å². The molecule has 1 N–H and O–H groups in total. The van der Waals surface area contributed by atoms with Crippen LogP contribution < -0.4 is 5.32 Å². The Morgan fingerprint density at radius 3 is 2.64 bits per heavy atom. The summed E-state index contributed by atoms with van der Waals surface area (Å²) >= 11 is 0. The standard InChI is InChI=1S/C21H33N5O2/c1-24(2)16-20(27)25-12-8-19(9-13-25)26-11-5-6-17(15-26)21(28)23-14-18-7-3-4-10-22-18/h3-4,7,10,17,19H,5-6,8-9,11-16H2,1-2H3,(H,23,28)/t17-/m0/s1. The molecule has 3 heterocycles. The highest BCUT2D eigenvalue weighted by atomic mass is 16.2. The van der Waals surface area contributed by atoms with E-state index in [1.54, 1.807) is 6.20 Å². The third-order valence-electron chi connectivity index (χ3n) is 5.78. The Balaban J connectivity index is 1.44. The molecule has 2 saturated heterocycles. The van der Waals surface area contributed by atoms with Crippen LogP contribution in [0, 0.1) is 5.92 Å². The van der Waals surface area contributed by atoms with Gasteiger partial charge >= 0.3 is 0 Å². The van der Waals surface area contributed by atoms with Gasteiger partial charge in [0.2, 0.25) is 11.8 Å². The molecule has 1 aromatic heterocycles. The smallest absolute Gasteiger partial charge is 0.236 e. The third-order valence-corrected chi connectivity index (χ3v) is 5.78. The number of amides is 2. The number of likely N-dealkylation sites (tertiary alicyclic amines) is 2. The lowest BCUT2D eigenvalue weighted by Gasteiger charge is -2.42. The zero-order chi connectivity index (χ0) is 19.9. The van der Waals surface area contributed by atoms with E-state index in [0.717, 1.165) is 57.6 Å². The number of hydrogen-bond acceptors (Lipinski definition) is 5. The molecule has 0 radical (unpaired) electrons. The molecular weight excluding hydrogens is 354 g/mol. The number of nitrogens with one attached hydrogen (secondary N) is 1. The van der Waals surface area contributed by atoms with E-state index in [2.05, 4.69) is 15.2 Å². The molecule has 0 unspecified atom stereocenters. The lowest BCUT2D eigenvalue weighted by Crippen LogP contribution is -2.52. The number of piperidine rings is 2. The fourth-order valence-electron chi connectivity index (χ4n) is 4.23. The van der Waals surface area contributed by atoms with Crippen LogP contribution in [0.15, 0.2) is 24.4 Å². The molecule has 7 nitrogen and oxygen atoms in total. The number of carbonyl (C=O) groups is 2. The van der Waals surface area contributed by atoms with E-state index in [0.29, 0.717) is 19.1 Å². The quantitative estimate of drug-likeness (QED) is 0.788. The molecule has 0 aliphatic carbocycles. The van der Waals surface area contributed by atoms with Gasteiger partial charge in [-0.15, -0.1) is 0 Å². The minimum atomic E-state index is 0.0471. The van der Waals surface area contributed by atoms with Crippen molar-refractivity contribution in [3.63, 3.8) is 0 Å². The predicted octanol–water partition coefficient (Wildman–Crippen LogP) is 0.962. The SMILES string of the molecule is CN(C)CC(=O)N1CCC(N2CCC[C@H](C(=O)NCc3ccccn3)C2)CC1. The first-order chi connectivity index (χ1) is 13.5. The van der Waals surface area contributed by atoms with Crippen molar-refractivity contribution in [1.29, 1.82) is 0 Å². The van der Waals surface area contributed by atoms with Crippen LogP contribution in [0.2, 0.25) is 0 Å². The van der Waals surface area contributed by atoms with Crippen LogP contribution in [0.4, 0.5) is 0 Å². The number of carbonyl (C=O) groups excluding carboxylic acids is 2. The summed E-state index contributed by atoms with van der Waals surface area (Å²) in [5.74, 6) is 0.397. The molecule has 1 atom stereocenters. The molecule has 2 amide bonds. The molecule has 154 valence electrons. The zero-order valence-electron chi connectivity index (χ0n) is 17.1. The predicted molar refractivity (Wildman–Crippen MR) is 109 cm³/mol. The molecule has 2 fully saturated rings. The fraction of sp³-hybridized carbons (Fsp3) is 0.667. The first-order valence-electron chi connectivity index (χ1n) is 10.4. The van der Waals surface area contributed by atoms with Crippen LogP contribution in [-0.4, -0.2) is 84.4 Å². The van der Waals surface area contributed by atoms with Gasteiger partial charge in [0.1, 0.15) is 0 Å². The second-order valence-electron chi connectivity index (χ2n) is 8.22. The van der Waals surface area contributed by atoms with Crippen molar-refractivity contribution >= 4 is 11.8 Å². The Morgan fingerprint density at radius 1 is 1.18 bits per heavy atom. The summed E-state index contributed by atoms with van der Waals surface area (Å²) in [5, 5.41) is 3.05. The number of hydrogen-bond donors (Lipinski definition) is 1. The van der Waals surface area contributed by atoms with Gasteiger partial charge in [0.05, 0.1) is 24.7 Å². The topological polar surface area (TPSA) is 68.8 Å². The molecule has 28 heavy (non-hydrogen) atoms. The van der Waals surface area contributed by atoms with Crippen LogP contribution in [0.3, 0.4) is 0 Å². The van der Waals surface area contributed by atoms with E-state index < -0.39 is 0 Å². The monoisotopic (exact) mass is 387 g/mol. The van der Waals surface area contributed by atoms with Gasteiger partial charge < -0.3 is 15.1 Å². The van der Waals surface area contributed by atoms with E-state index in [1.807, 2.05) is 42.1 Å². The summed E-state index contributed by atoms with van der Waals surface area (Å²) in [6, 6.07) is 6.23. The molecule has 7 heteroatoms. The number of pyridine rings is 1. The third kappa shape index (κ3) is 5.75. The number of rotatable bonds is 6. The van der Waals surface area contributed by atoms with Gasteiger partial charge in [-0.2, -0.15) is 0 Å². The molecular formula is C21H33N5O2. The summed E-state index contributed by atoms with van der Waals surface area (Å²) in [7, 11) is 3.86. The molecule has 0 saturated carbocycles. The Labute approximate surface area is 168 Å². The van der Waals surface area contributed by atoms with Gasteiger partial charge in [-0.1, -0.05) is 6.07 Å². The van der Waals surface area contributed by atoms with Crippen molar-refractivity contribution in [2.24, 2.45) is 5.92 Å². The van der Waals surface area contributed by atoms with E-state index in [9.17, 15) is 9.59 Å². The van der Waals surface area contributed by atoms with Crippen LogP contribution in [0.25, 0.3) is 0 Å². The molecule has 1 aromatic rings. The van der Waals surface area contributed by atoms with Gasteiger partial charge in [0, 0.05) is 31.9 Å². The Morgan fingerprint density at radius 2 is 1.96 bits per heavy atom. The molecule has 3 rings (SSSR count). The van der Waals surface area contributed by atoms with Crippen molar-refractivity contribution in [2.45, 2.75) is 38.3 Å². The first kappa shape index (κ1) is 20.7. The summed E-state index contributed by atoms with van der Waals surface area (Å²) in [5.41, 5.74) is 0.887. The van der Waals surface area contributed by atoms with Crippen molar-refractivity contribution in [1.82, 2.24) is 25.0 Å². The highest BCUT2D eigenvalue weighted by molar-refractivity contribution is 5.79. The first-order valence-corrected chi connectivity index (χ1v) is 10.4. The number of nitrogens with zero attached hydrogens (tertiary/aromatic N) is 4. The highest BCUT2D eigenvalue weighted by Crippen LogP contribution is 2.24. The van der Waals surface area contributed by atoms with Crippen molar-refractivity contribution in [3.05, 3.63) is 30.1 Å². The molecule has 2 aliphatic heterocycles. The summed E-state index contributed by atoms with van der Waals surface area (Å²) in [6.45, 7) is 4.49. The maximum atomic E-state index is 12.6. The minimum absolute atomic E-state index is 0.0471. The minimum Gasteiger partial charge on any atom is -0.350 e. The Kier molecular flexibility index (Phi) is 7.39. The summed E-state index contributed by atoms with van der Waals surface area (Å²) in [6.07, 6.45) is 5.76. The van der Waals surface area contributed by atoms with Crippen molar-refractivity contribution in [2.75, 3.05) is 46.8 Å². The van der Waals surface area contributed by atoms with Crippen LogP contribution in [0.1, 0.15) is 31.4 Å².